The fourth-order valence-electron chi connectivity index (χ4n) is 8.97. The van der Waals surface area contributed by atoms with Crippen molar-refractivity contribution in [1.29, 1.82) is 0 Å². The molecule has 1 saturated carbocycles. The van der Waals surface area contributed by atoms with E-state index in [1.165, 1.54) is 21.9 Å². The van der Waals surface area contributed by atoms with E-state index in [2.05, 4.69) is 45.5 Å². The van der Waals surface area contributed by atoms with Gasteiger partial charge in [-0.1, -0.05) is 26.5 Å². The molecule has 0 spiro atoms. The molecule has 296 valence electrons. The third-order valence-corrected chi connectivity index (χ3v) is 12.0. The molecule has 15 heteroatoms. The number of hydrogen-bond acceptors (Lipinski definition) is 10. The highest BCUT2D eigenvalue weighted by Crippen LogP contribution is 2.42. The van der Waals surface area contributed by atoms with Crippen LogP contribution in [0.3, 0.4) is 0 Å². The zero-order valence-corrected chi connectivity index (χ0v) is 32.5. The van der Waals surface area contributed by atoms with Crippen LogP contribution in [0.4, 0.5) is 23.0 Å². The van der Waals surface area contributed by atoms with Gasteiger partial charge in [0, 0.05) is 73.3 Å². The van der Waals surface area contributed by atoms with E-state index in [9.17, 15) is 24.3 Å². The summed E-state index contributed by atoms with van der Waals surface area (Å²) in [4.78, 5) is 69.0. The van der Waals surface area contributed by atoms with E-state index in [-0.39, 0.29) is 41.2 Å². The van der Waals surface area contributed by atoms with Crippen molar-refractivity contribution in [2.45, 2.75) is 70.8 Å². The Morgan fingerprint density at radius 1 is 1.09 bits per heavy atom. The lowest BCUT2D eigenvalue weighted by atomic mass is 9.90. The highest BCUT2D eigenvalue weighted by atomic mass is 16.5. The Bertz CT molecular complexity index is 2390. The first-order valence-corrected chi connectivity index (χ1v) is 19.6. The van der Waals surface area contributed by atoms with Gasteiger partial charge in [-0.05, 0) is 72.6 Å². The topological polar surface area (TPSA) is 167 Å². The molecule has 3 aromatic heterocycles. The Labute approximate surface area is 329 Å². The maximum Gasteiger partial charge on any atom is 0.293 e. The zero-order valence-electron chi connectivity index (χ0n) is 32.5. The van der Waals surface area contributed by atoms with Crippen molar-refractivity contribution in [1.82, 2.24) is 28.9 Å². The molecule has 1 unspecified atom stereocenters. The molecule has 15 nitrogen and oxygen atoms in total. The smallest absolute Gasteiger partial charge is 0.293 e. The second kappa shape index (κ2) is 14.1. The molecule has 2 saturated heterocycles. The Morgan fingerprint density at radius 2 is 1.89 bits per heavy atom. The molecule has 3 aliphatic heterocycles. The standard InChI is InChI=1S/C42H47N9O6/c1-5-36(53)45-31-15-25(6-9-29(31)35-19-48(27-22-57-23-27)20-37(54)51(35)26-7-8-26)44-38-41(56)47(4)18-32(46-38)28-10-11-43-39(30(28)21-52)50-13-12-49-33(40(50)55)14-24-16-42(2,3)17-34(24)49/h5-6,9-11,14-15,18,26-27,35,52H,1,7-8,12-13,16-17,19-23H2,2-4H3,(H,44,46)(H,45,53). The second-order valence-corrected chi connectivity index (χ2v) is 16.6. The van der Waals surface area contributed by atoms with Gasteiger partial charge in [0.05, 0.1) is 44.1 Å². The minimum atomic E-state index is -0.415. The van der Waals surface area contributed by atoms with E-state index >= 15 is 0 Å². The summed E-state index contributed by atoms with van der Waals surface area (Å²) in [5.74, 6) is -0.164. The summed E-state index contributed by atoms with van der Waals surface area (Å²) in [6, 6.07) is 9.18. The number of ether oxygens (including phenoxy) is 1. The molecular weight excluding hydrogens is 727 g/mol. The molecule has 1 aromatic carbocycles. The molecule has 5 aliphatic rings. The summed E-state index contributed by atoms with van der Waals surface area (Å²) in [5.41, 5.74) is 5.90. The Balaban J connectivity index is 1.03. The van der Waals surface area contributed by atoms with Crippen LogP contribution in [0.15, 0.2) is 60.2 Å². The summed E-state index contributed by atoms with van der Waals surface area (Å²) in [5, 5.41) is 16.9. The Kier molecular flexibility index (Phi) is 9.13. The number of carbonyl (C=O) groups excluding carboxylic acids is 3. The van der Waals surface area contributed by atoms with Crippen LogP contribution in [0.5, 0.6) is 0 Å². The largest absolute Gasteiger partial charge is 0.392 e. The van der Waals surface area contributed by atoms with Gasteiger partial charge in [-0.2, -0.15) is 0 Å². The van der Waals surface area contributed by atoms with Crippen molar-refractivity contribution in [2.75, 3.05) is 48.4 Å². The summed E-state index contributed by atoms with van der Waals surface area (Å²) >= 11 is 0. The van der Waals surface area contributed by atoms with E-state index in [0.717, 1.165) is 31.2 Å². The molecule has 6 heterocycles. The van der Waals surface area contributed by atoms with E-state index < -0.39 is 18.1 Å². The van der Waals surface area contributed by atoms with Gasteiger partial charge < -0.3 is 34.5 Å². The van der Waals surface area contributed by atoms with Gasteiger partial charge in [0.25, 0.3) is 11.5 Å². The fraction of sp³-hybridized carbons (Fsp3) is 0.429. The predicted molar refractivity (Wildman–Crippen MR) is 213 cm³/mol. The number of amides is 3. The second-order valence-electron chi connectivity index (χ2n) is 16.6. The van der Waals surface area contributed by atoms with E-state index in [0.29, 0.717) is 79.1 Å². The lowest BCUT2D eigenvalue weighted by Gasteiger charge is -2.46. The summed E-state index contributed by atoms with van der Waals surface area (Å²) < 4.78 is 8.98. The average molecular weight is 774 g/mol. The summed E-state index contributed by atoms with van der Waals surface area (Å²) in [6.45, 7) is 10.8. The number of nitrogens with one attached hydrogen (secondary N) is 2. The monoisotopic (exact) mass is 773 g/mol. The summed E-state index contributed by atoms with van der Waals surface area (Å²) in [7, 11) is 1.62. The molecule has 4 aromatic rings. The number of aromatic nitrogens is 4. The third kappa shape index (κ3) is 6.62. The lowest BCUT2D eigenvalue weighted by molar-refractivity contribution is -0.149. The maximum atomic E-state index is 14.0. The Hall–Kier alpha value is -5.64. The first kappa shape index (κ1) is 37.0. The number of pyridine rings is 1. The predicted octanol–water partition coefficient (Wildman–Crippen LogP) is 3.54. The molecular formula is C42H47N9O6. The Morgan fingerprint density at radius 3 is 2.61 bits per heavy atom. The first-order valence-electron chi connectivity index (χ1n) is 19.6. The maximum absolute atomic E-state index is 14.0. The van der Waals surface area contributed by atoms with Crippen molar-refractivity contribution in [2.24, 2.45) is 12.5 Å². The number of hydrogen-bond donors (Lipinski definition) is 3. The van der Waals surface area contributed by atoms with Gasteiger partial charge in [-0.25, -0.2) is 9.97 Å². The molecule has 9 rings (SSSR count). The number of anilines is 4. The molecule has 57 heavy (non-hydrogen) atoms. The van der Waals surface area contributed by atoms with Crippen LogP contribution < -0.4 is 21.1 Å². The van der Waals surface area contributed by atoms with Gasteiger partial charge in [0.15, 0.2) is 5.82 Å². The molecule has 3 N–H and O–H groups in total. The lowest BCUT2D eigenvalue weighted by Crippen LogP contribution is -2.60. The zero-order chi connectivity index (χ0) is 39.7. The normalized spacial score (nSPS) is 20.6. The number of aliphatic hydroxyl groups is 1. The van der Waals surface area contributed by atoms with Crippen molar-refractivity contribution in [3.63, 3.8) is 0 Å². The van der Waals surface area contributed by atoms with Crippen LogP contribution in [0.25, 0.3) is 11.3 Å². The van der Waals surface area contributed by atoms with Crippen LogP contribution in [-0.4, -0.2) is 96.7 Å². The van der Waals surface area contributed by atoms with Gasteiger partial charge >= 0.3 is 0 Å². The van der Waals surface area contributed by atoms with Gasteiger partial charge in [0.2, 0.25) is 11.8 Å². The molecule has 1 atom stereocenters. The van der Waals surface area contributed by atoms with Crippen LogP contribution in [0.2, 0.25) is 0 Å². The molecule has 2 aliphatic carbocycles. The first-order chi connectivity index (χ1) is 27.4. The quantitative estimate of drug-likeness (QED) is 0.203. The van der Waals surface area contributed by atoms with Gasteiger partial charge in [0.1, 0.15) is 11.5 Å². The van der Waals surface area contributed by atoms with Crippen molar-refractivity contribution in [3.8, 4) is 11.3 Å². The van der Waals surface area contributed by atoms with Crippen molar-refractivity contribution >= 4 is 40.7 Å². The number of piperazine rings is 1. The van der Waals surface area contributed by atoms with Crippen molar-refractivity contribution < 1.29 is 24.2 Å². The van der Waals surface area contributed by atoms with E-state index in [1.807, 2.05) is 23.1 Å². The molecule has 0 radical (unpaired) electrons. The third-order valence-electron chi connectivity index (χ3n) is 12.0. The number of aliphatic hydroxyl groups excluding tert-OH is 1. The fourth-order valence-corrected chi connectivity index (χ4v) is 8.97. The number of nitrogens with zero attached hydrogens (tertiary/aromatic N) is 7. The molecule has 3 fully saturated rings. The number of fused-ring (bicyclic) bond motifs is 3. The minimum Gasteiger partial charge on any atom is -0.392 e. The highest BCUT2D eigenvalue weighted by Gasteiger charge is 2.45. The molecule has 0 bridgehead atoms. The van der Waals surface area contributed by atoms with Crippen LogP contribution in [0, 0.1) is 5.41 Å². The van der Waals surface area contributed by atoms with E-state index in [4.69, 9.17) is 9.72 Å². The SMILES string of the molecule is C=CC(=O)Nc1cc(Nc2nc(-c3ccnc(N4CCn5c(cc6c5CC(C)(C)C6)C4=O)c3CO)cn(C)c2=O)ccc1C1CN(C2COC2)CC(=O)N1C1CC1. The van der Waals surface area contributed by atoms with Gasteiger partial charge in [-0.3, -0.25) is 29.0 Å². The summed E-state index contributed by atoms with van der Waals surface area (Å²) in [6.07, 6.45) is 8.08. The number of rotatable bonds is 10. The van der Waals surface area contributed by atoms with Crippen molar-refractivity contribution in [3.05, 3.63) is 93.8 Å². The average Bonchev–Trinajstić information content (AvgIpc) is 3.87. The number of benzene rings is 1. The number of carbonyl (C=O) groups is 3. The highest BCUT2D eigenvalue weighted by molar-refractivity contribution is 6.06. The minimum absolute atomic E-state index is 0.0129. The van der Waals surface area contributed by atoms with Crippen LogP contribution >= 0.6 is 0 Å². The van der Waals surface area contributed by atoms with Crippen LogP contribution in [0.1, 0.15) is 65.6 Å². The van der Waals surface area contributed by atoms with Crippen LogP contribution in [-0.2, 0) is 47.4 Å². The molecule has 3 amide bonds. The number of aryl methyl sites for hydroxylation is 1. The van der Waals surface area contributed by atoms with Gasteiger partial charge in [-0.15, -0.1) is 0 Å². The van der Waals surface area contributed by atoms with E-state index in [1.54, 1.807) is 36.5 Å².